The lowest BCUT2D eigenvalue weighted by Gasteiger charge is -2.27. The lowest BCUT2D eigenvalue weighted by Crippen LogP contribution is -2.31. The first-order valence-electron chi connectivity index (χ1n) is 6.26. The highest BCUT2D eigenvalue weighted by Crippen LogP contribution is 2.20. The van der Waals surface area contributed by atoms with Crippen LogP contribution in [-0.2, 0) is 10.0 Å². The Labute approximate surface area is 115 Å². The summed E-state index contributed by atoms with van der Waals surface area (Å²) in [5.74, 6) is 0. The van der Waals surface area contributed by atoms with Crippen LogP contribution in [0.5, 0.6) is 0 Å². The third-order valence-corrected chi connectivity index (χ3v) is 4.25. The van der Waals surface area contributed by atoms with Gasteiger partial charge in [-0.3, -0.25) is 4.90 Å². The molecule has 19 heavy (non-hydrogen) atoms. The molecule has 0 aliphatic rings. The molecule has 3 N–H and O–H groups in total. The molecule has 1 aromatic carbocycles. The first kappa shape index (κ1) is 16.1. The van der Waals surface area contributed by atoms with E-state index in [0.717, 1.165) is 5.56 Å². The molecule has 2 unspecified atom stereocenters. The quantitative estimate of drug-likeness (QED) is 0.820. The number of nitrogens with two attached hydrogens (primary N) is 1. The van der Waals surface area contributed by atoms with Crippen LogP contribution < -0.4 is 5.14 Å². The van der Waals surface area contributed by atoms with Crippen LogP contribution in [0.3, 0.4) is 0 Å². The first-order valence-corrected chi connectivity index (χ1v) is 7.81. The molecular formula is C13H22N2O3S. The molecule has 0 aromatic heterocycles. The van der Waals surface area contributed by atoms with E-state index in [9.17, 15) is 13.5 Å². The summed E-state index contributed by atoms with van der Waals surface area (Å²) in [6, 6.07) is 6.60. The average Bonchev–Trinajstić information content (AvgIpc) is 2.36. The molecule has 0 aliphatic carbocycles. The molecule has 1 aromatic rings. The predicted octanol–water partition coefficient (Wildman–Crippen LogP) is 1.10. The maximum atomic E-state index is 11.2. The van der Waals surface area contributed by atoms with Gasteiger partial charge in [-0.25, -0.2) is 13.6 Å². The summed E-state index contributed by atoms with van der Waals surface area (Å²) < 4.78 is 22.3. The van der Waals surface area contributed by atoms with Crippen molar-refractivity contribution in [1.82, 2.24) is 4.90 Å². The molecule has 0 bridgehead atoms. The van der Waals surface area contributed by atoms with Crippen molar-refractivity contribution in [3.05, 3.63) is 29.8 Å². The number of likely N-dealkylation sites (N-methyl/N-ethyl adjacent to an activating group) is 1. The Balaban J connectivity index is 2.80. The minimum atomic E-state index is -3.64. The smallest absolute Gasteiger partial charge is 0.238 e. The van der Waals surface area contributed by atoms with Crippen LogP contribution in [0, 0.1) is 0 Å². The molecule has 108 valence electrons. The van der Waals surface area contributed by atoms with E-state index in [1.807, 2.05) is 25.8 Å². The number of rotatable bonds is 6. The lowest BCUT2D eigenvalue weighted by atomic mass is 10.1. The lowest BCUT2D eigenvalue weighted by molar-refractivity contribution is 0.105. The van der Waals surface area contributed by atoms with Crippen LogP contribution >= 0.6 is 0 Å². The molecule has 0 aliphatic heterocycles. The molecule has 0 heterocycles. The van der Waals surface area contributed by atoms with Crippen molar-refractivity contribution in [2.24, 2.45) is 5.14 Å². The summed E-state index contributed by atoms with van der Waals surface area (Å²) in [6.07, 6.45) is 0.359. The largest absolute Gasteiger partial charge is 0.392 e. The summed E-state index contributed by atoms with van der Waals surface area (Å²) in [6.45, 7) is 4.52. The van der Waals surface area contributed by atoms with Gasteiger partial charge in [0.2, 0.25) is 10.0 Å². The topological polar surface area (TPSA) is 83.6 Å². The Hall–Kier alpha value is -0.950. The van der Waals surface area contributed by atoms with Gasteiger partial charge in [0, 0.05) is 12.6 Å². The SMILES string of the molecule is CCC(O)CN(C)C(C)c1ccc(S(N)(=O)=O)cc1. The third kappa shape index (κ3) is 4.58. The molecule has 0 fully saturated rings. The number of hydrogen-bond acceptors (Lipinski definition) is 4. The third-order valence-electron chi connectivity index (χ3n) is 3.32. The van der Waals surface area contributed by atoms with Crippen molar-refractivity contribution in [2.75, 3.05) is 13.6 Å². The van der Waals surface area contributed by atoms with Crippen LogP contribution in [0.15, 0.2) is 29.2 Å². The van der Waals surface area contributed by atoms with E-state index in [-0.39, 0.29) is 17.0 Å². The van der Waals surface area contributed by atoms with Gasteiger partial charge in [-0.1, -0.05) is 19.1 Å². The zero-order chi connectivity index (χ0) is 14.6. The average molecular weight is 286 g/mol. The number of benzene rings is 1. The van der Waals surface area contributed by atoms with Gasteiger partial charge in [-0.15, -0.1) is 0 Å². The number of aliphatic hydroxyl groups excluding tert-OH is 1. The second-order valence-electron chi connectivity index (χ2n) is 4.79. The Bertz CT molecular complexity index is 499. The fourth-order valence-electron chi connectivity index (χ4n) is 1.81. The summed E-state index contributed by atoms with van der Waals surface area (Å²) >= 11 is 0. The van der Waals surface area contributed by atoms with Crippen LogP contribution in [0.1, 0.15) is 31.9 Å². The van der Waals surface area contributed by atoms with Gasteiger partial charge >= 0.3 is 0 Å². The molecule has 1 rings (SSSR count). The maximum Gasteiger partial charge on any atom is 0.238 e. The maximum absolute atomic E-state index is 11.2. The summed E-state index contributed by atoms with van der Waals surface area (Å²) in [5.41, 5.74) is 0.984. The zero-order valence-corrected chi connectivity index (χ0v) is 12.4. The van der Waals surface area contributed by atoms with Crippen LogP contribution in [0.2, 0.25) is 0 Å². The number of aliphatic hydroxyl groups is 1. The van der Waals surface area contributed by atoms with Crippen LogP contribution in [0.4, 0.5) is 0 Å². The van der Waals surface area contributed by atoms with Gasteiger partial charge < -0.3 is 5.11 Å². The molecule has 6 heteroatoms. The van der Waals surface area contributed by atoms with E-state index in [1.165, 1.54) is 12.1 Å². The predicted molar refractivity (Wildman–Crippen MR) is 75.2 cm³/mol. The Morgan fingerprint density at radius 1 is 1.32 bits per heavy atom. The van der Waals surface area contributed by atoms with Gasteiger partial charge in [0.1, 0.15) is 0 Å². The summed E-state index contributed by atoms with van der Waals surface area (Å²) in [5, 5.41) is 14.7. The van der Waals surface area contributed by atoms with Crippen molar-refractivity contribution < 1.29 is 13.5 Å². The minimum Gasteiger partial charge on any atom is -0.392 e. The van der Waals surface area contributed by atoms with Gasteiger partial charge in [-0.2, -0.15) is 0 Å². The molecule has 0 radical (unpaired) electrons. The van der Waals surface area contributed by atoms with Gasteiger partial charge in [-0.05, 0) is 38.1 Å². The normalized spacial score (nSPS) is 15.5. The van der Waals surface area contributed by atoms with Gasteiger partial charge in [0.05, 0.1) is 11.0 Å². The number of sulfonamides is 1. The Morgan fingerprint density at radius 2 is 1.84 bits per heavy atom. The number of hydrogen-bond donors (Lipinski definition) is 2. The molecule has 0 saturated carbocycles. The Morgan fingerprint density at radius 3 is 2.26 bits per heavy atom. The van der Waals surface area contributed by atoms with Crippen LogP contribution in [0.25, 0.3) is 0 Å². The van der Waals surface area contributed by atoms with Crippen LogP contribution in [-0.4, -0.2) is 38.1 Å². The highest BCUT2D eigenvalue weighted by molar-refractivity contribution is 7.89. The van der Waals surface area contributed by atoms with E-state index in [1.54, 1.807) is 12.1 Å². The molecule has 0 amide bonds. The van der Waals surface area contributed by atoms with E-state index in [4.69, 9.17) is 5.14 Å². The van der Waals surface area contributed by atoms with Gasteiger partial charge in [0.15, 0.2) is 0 Å². The standard InChI is InChI=1S/C13H22N2O3S/c1-4-12(16)9-15(3)10(2)11-5-7-13(8-6-11)19(14,17)18/h5-8,10,12,16H,4,9H2,1-3H3,(H2,14,17,18). The summed E-state index contributed by atoms with van der Waals surface area (Å²) in [4.78, 5) is 2.14. The van der Waals surface area contributed by atoms with Crippen molar-refractivity contribution in [2.45, 2.75) is 37.3 Å². The zero-order valence-electron chi connectivity index (χ0n) is 11.6. The monoisotopic (exact) mass is 286 g/mol. The first-order chi connectivity index (χ1) is 8.75. The molecule has 5 nitrogen and oxygen atoms in total. The fraction of sp³-hybridized carbons (Fsp3) is 0.538. The van der Waals surface area contributed by atoms with E-state index in [2.05, 4.69) is 0 Å². The highest BCUT2D eigenvalue weighted by atomic mass is 32.2. The molecule has 2 atom stereocenters. The molecular weight excluding hydrogens is 264 g/mol. The van der Waals surface area contributed by atoms with Crippen molar-refractivity contribution in [1.29, 1.82) is 0 Å². The van der Waals surface area contributed by atoms with Crippen molar-refractivity contribution in [3.8, 4) is 0 Å². The van der Waals surface area contributed by atoms with Crippen molar-refractivity contribution >= 4 is 10.0 Å². The van der Waals surface area contributed by atoms with E-state index in [0.29, 0.717) is 13.0 Å². The van der Waals surface area contributed by atoms with E-state index < -0.39 is 10.0 Å². The second-order valence-corrected chi connectivity index (χ2v) is 6.35. The van der Waals surface area contributed by atoms with E-state index >= 15 is 0 Å². The number of nitrogens with zero attached hydrogens (tertiary/aromatic N) is 1. The van der Waals surface area contributed by atoms with Crippen molar-refractivity contribution in [3.63, 3.8) is 0 Å². The second kappa shape index (κ2) is 6.47. The minimum absolute atomic E-state index is 0.0933. The van der Waals surface area contributed by atoms with Gasteiger partial charge in [0.25, 0.3) is 0 Å². The molecule has 0 spiro atoms. The number of primary sulfonamides is 1. The summed E-state index contributed by atoms with van der Waals surface area (Å²) in [7, 11) is -1.71. The Kier molecular flexibility index (Phi) is 5.49. The highest BCUT2D eigenvalue weighted by Gasteiger charge is 2.15. The fourth-order valence-corrected chi connectivity index (χ4v) is 2.33. The molecule has 0 saturated heterocycles.